The molecule has 1 aliphatic heterocycles. The number of rotatable bonds is 2. The second-order valence-corrected chi connectivity index (χ2v) is 7.32. The molecule has 0 radical (unpaired) electrons. The number of carbonyl (C=O) groups is 1. The fourth-order valence-electron chi connectivity index (χ4n) is 3.71. The van der Waals surface area contributed by atoms with Crippen LogP contribution in [0.15, 0.2) is 0 Å². The summed E-state index contributed by atoms with van der Waals surface area (Å²) >= 11 is 0. The maximum absolute atomic E-state index is 12.6. The number of nitrogens with one attached hydrogen (secondary N) is 1. The van der Waals surface area contributed by atoms with Crippen molar-refractivity contribution in [3.8, 4) is 0 Å². The van der Waals surface area contributed by atoms with Crippen LogP contribution in [-0.4, -0.2) is 20.7 Å². The molecule has 1 aliphatic carbocycles. The van der Waals surface area contributed by atoms with Gasteiger partial charge in [-0.2, -0.15) is 5.10 Å². The molecule has 1 amide bonds. The molecule has 5 nitrogen and oxygen atoms in total. The first kappa shape index (κ1) is 13.6. The zero-order valence-electron chi connectivity index (χ0n) is 13.0. The smallest absolute Gasteiger partial charge is 0.224 e. The van der Waals surface area contributed by atoms with Crippen molar-refractivity contribution in [1.82, 2.24) is 20.1 Å². The van der Waals surface area contributed by atoms with Crippen molar-refractivity contribution in [2.45, 2.75) is 60.0 Å². The van der Waals surface area contributed by atoms with Crippen molar-refractivity contribution >= 4 is 5.91 Å². The average molecular weight is 276 g/mol. The molecule has 1 fully saturated rings. The van der Waals surface area contributed by atoms with E-state index in [0.29, 0.717) is 0 Å². The Morgan fingerprint density at radius 1 is 1.30 bits per heavy atom. The van der Waals surface area contributed by atoms with Gasteiger partial charge < -0.3 is 5.32 Å². The van der Waals surface area contributed by atoms with Gasteiger partial charge in [0.1, 0.15) is 11.6 Å². The molecule has 5 heteroatoms. The van der Waals surface area contributed by atoms with Crippen LogP contribution < -0.4 is 5.32 Å². The molecule has 20 heavy (non-hydrogen) atoms. The number of carbonyl (C=O) groups excluding carboxylic acids is 1. The van der Waals surface area contributed by atoms with E-state index in [9.17, 15) is 4.79 Å². The predicted octanol–water partition coefficient (Wildman–Crippen LogP) is 2.22. The molecule has 0 spiro atoms. The van der Waals surface area contributed by atoms with Gasteiger partial charge in [-0.25, -0.2) is 9.67 Å². The molecule has 1 N–H and O–H groups in total. The Kier molecular flexibility index (Phi) is 2.76. The molecule has 0 unspecified atom stereocenters. The van der Waals surface area contributed by atoms with E-state index in [0.717, 1.165) is 31.0 Å². The van der Waals surface area contributed by atoms with E-state index in [-0.39, 0.29) is 28.7 Å². The van der Waals surface area contributed by atoms with E-state index in [1.54, 1.807) is 0 Å². The molecule has 110 valence electrons. The van der Waals surface area contributed by atoms with E-state index in [2.05, 4.69) is 43.1 Å². The summed E-state index contributed by atoms with van der Waals surface area (Å²) in [4.78, 5) is 17.0. The molecule has 1 aromatic heterocycles. The topological polar surface area (TPSA) is 59.8 Å². The van der Waals surface area contributed by atoms with E-state index < -0.39 is 0 Å². The lowest BCUT2D eigenvalue weighted by molar-refractivity contribution is -0.124. The minimum absolute atomic E-state index is 0.0182. The van der Waals surface area contributed by atoms with Crippen LogP contribution in [0.3, 0.4) is 0 Å². The number of aromatic nitrogens is 3. The zero-order valence-corrected chi connectivity index (χ0v) is 13.0. The Morgan fingerprint density at radius 3 is 2.55 bits per heavy atom. The van der Waals surface area contributed by atoms with Crippen molar-refractivity contribution in [3.63, 3.8) is 0 Å². The largest absolute Gasteiger partial charge is 0.346 e. The van der Waals surface area contributed by atoms with Gasteiger partial charge in [0, 0.05) is 12.5 Å². The van der Waals surface area contributed by atoms with Gasteiger partial charge in [-0.1, -0.05) is 27.7 Å². The first-order chi connectivity index (χ1) is 9.25. The maximum Gasteiger partial charge on any atom is 0.224 e. The summed E-state index contributed by atoms with van der Waals surface area (Å²) < 4.78 is 1.94. The normalized spacial score (nSPS) is 26.9. The average Bonchev–Trinajstić information content (AvgIpc) is 2.63. The summed E-state index contributed by atoms with van der Waals surface area (Å²) in [5.41, 5.74) is 0.157. The van der Waals surface area contributed by atoms with Gasteiger partial charge in [0.25, 0.3) is 0 Å². The van der Waals surface area contributed by atoms with Crippen LogP contribution in [0.25, 0.3) is 0 Å². The summed E-state index contributed by atoms with van der Waals surface area (Å²) in [5.74, 6) is 1.96. The van der Waals surface area contributed by atoms with Crippen LogP contribution in [-0.2, 0) is 11.3 Å². The Morgan fingerprint density at radius 2 is 1.95 bits per heavy atom. The van der Waals surface area contributed by atoms with E-state index in [4.69, 9.17) is 0 Å². The third kappa shape index (κ3) is 1.79. The third-order valence-electron chi connectivity index (χ3n) is 5.58. The quantitative estimate of drug-likeness (QED) is 0.901. The standard InChI is InChI=1S/C15H24N4O/c1-9-16-12-10(7-6-8-19(12)18-9)17-13(20)11-14(2,3)15(11,4)5/h10-11H,6-8H2,1-5H3,(H,17,20)/t10-/m0/s1. The van der Waals surface area contributed by atoms with Crippen molar-refractivity contribution in [1.29, 1.82) is 0 Å². The summed E-state index contributed by atoms with van der Waals surface area (Å²) in [7, 11) is 0. The second kappa shape index (κ2) is 4.06. The van der Waals surface area contributed by atoms with Crippen LogP contribution in [0.2, 0.25) is 0 Å². The lowest BCUT2D eigenvalue weighted by Crippen LogP contribution is -2.35. The SMILES string of the molecule is Cc1nc2n(n1)CCC[C@@H]2NC(=O)C1C(C)(C)C1(C)C. The summed E-state index contributed by atoms with van der Waals surface area (Å²) in [6, 6.07) is 0.0182. The summed E-state index contributed by atoms with van der Waals surface area (Å²) in [6.07, 6.45) is 2.00. The number of aryl methyl sites for hydroxylation is 2. The Hall–Kier alpha value is -1.39. The van der Waals surface area contributed by atoms with Gasteiger partial charge in [-0.3, -0.25) is 4.79 Å². The molecule has 0 bridgehead atoms. The highest BCUT2D eigenvalue weighted by atomic mass is 16.2. The number of hydrogen-bond acceptors (Lipinski definition) is 3. The van der Waals surface area contributed by atoms with Gasteiger partial charge >= 0.3 is 0 Å². The molecule has 1 saturated carbocycles. The third-order valence-corrected chi connectivity index (χ3v) is 5.58. The van der Waals surface area contributed by atoms with Crippen molar-refractivity contribution in [2.75, 3.05) is 0 Å². The summed E-state index contributed by atoms with van der Waals surface area (Å²) in [5, 5.41) is 7.58. The molecule has 0 aromatic carbocycles. The first-order valence-electron chi connectivity index (χ1n) is 7.47. The molecule has 2 aliphatic rings. The van der Waals surface area contributed by atoms with Gasteiger partial charge in [0.15, 0.2) is 0 Å². The minimum atomic E-state index is 0.0182. The zero-order chi connectivity index (χ0) is 14.7. The Bertz CT molecular complexity index is 544. The highest BCUT2D eigenvalue weighted by Crippen LogP contribution is 2.68. The Labute approximate surface area is 120 Å². The molecule has 0 saturated heterocycles. The second-order valence-electron chi connectivity index (χ2n) is 7.32. The van der Waals surface area contributed by atoms with Crippen LogP contribution in [0.5, 0.6) is 0 Å². The van der Waals surface area contributed by atoms with Gasteiger partial charge in [0.2, 0.25) is 5.91 Å². The monoisotopic (exact) mass is 276 g/mol. The first-order valence-corrected chi connectivity index (χ1v) is 7.47. The molecule has 3 rings (SSSR count). The lowest BCUT2D eigenvalue weighted by atomic mass is 10.0. The number of nitrogens with zero attached hydrogens (tertiary/aromatic N) is 3. The van der Waals surface area contributed by atoms with Crippen molar-refractivity contribution in [3.05, 3.63) is 11.6 Å². The fraction of sp³-hybridized carbons (Fsp3) is 0.800. The van der Waals surface area contributed by atoms with E-state index in [1.807, 2.05) is 11.6 Å². The molecule has 2 heterocycles. The van der Waals surface area contributed by atoms with Crippen molar-refractivity contribution in [2.24, 2.45) is 16.7 Å². The molecule has 1 atom stereocenters. The van der Waals surface area contributed by atoms with Gasteiger partial charge in [0.05, 0.1) is 6.04 Å². The number of fused-ring (bicyclic) bond motifs is 1. The van der Waals surface area contributed by atoms with E-state index in [1.165, 1.54) is 0 Å². The van der Waals surface area contributed by atoms with E-state index >= 15 is 0 Å². The highest BCUT2D eigenvalue weighted by Gasteiger charge is 2.68. The van der Waals surface area contributed by atoms with Crippen LogP contribution in [0.4, 0.5) is 0 Å². The fourth-order valence-corrected chi connectivity index (χ4v) is 3.71. The van der Waals surface area contributed by atoms with Crippen LogP contribution in [0.1, 0.15) is 58.2 Å². The van der Waals surface area contributed by atoms with Gasteiger partial charge in [-0.15, -0.1) is 0 Å². The van der Waals surface area contributed by atoms with Gasteiger partial charge in [-0.05, 0) is 30.6 Å². The van der Waals surface area contributed by atoms with Crippen LogP contribution >= 0.6 is 0 Å². The maximum atomic E-state index is 12.6. The number of hydrogen-bond donors (Lipinski definition) is 1. The number of amides is 1. The summed E-state index contributed by atoms with van der Waals surface area (Å²) in [6.45, 7) is 11.5. The lowest BCUT2D eigenvalue weighted by Gasteiger charge is -2.23. The molecular formula is C15H24N4O. The van der Waals surface area contributed by atoms with Crippen LogP contribution in [0, 0.1) is 23.7 Å². The molecular weight excluding hydrogens is 252 g/mol. The predicted molar refractivity (Wildman–Crippen MR) is 75.9 cm³/mol. The molecule has 1 aromatic rings. The Balaban J connectivity index is 1.76. The highest BCUT2D eigenvalue weighted by molar-refractivity contribution is 5.84. The minimum Gasteiger partial charge on any atom is -0.346 e. The van der Waals surface area contributed by atoms with Crippen molar-refractivity contribution < 1.29 is 4.79 Å².